The molecule has 36 heavy (non-hydrogen) atoms. The smallest absolute Gasteiger partial charge is 0.306 e. The van der Waals surface area contributed by atoms with Gasteiger partial charge in [-0.3, -0.25) is 9.59 Å². The minimum atomic E-state index is -0.634. The first kappa shape index (κ1) is 32.2. The predicted molar refractivity (Wildman–Crippen MR) is 151 cm³/mol. The Hall–Kier alpha value is -1.79. The third kappa shape index (κ3) is 10.3. The monoisotopic (exact) mass is 519 g/mol. The van der Waals surface area contributed by atoms with Gasteiger partial charge in [0, 0.05) is 29.6 Å². The highest BCUT2D eigenvalue weighted by Crippen LogP contribution is 2.27. The molecule has 204 valence electrons. The van der Waals surface area contributed by atoms with Crippen LogP contribution >= 0.6 is 11.3 Å². The van der Waals surface area contributed by atoms with Gasteiger partial charge in [0.25, 0.3) is 0 Å². The fraction of sp³-hybridized carbons (Fsp3) is 0.700. The van der Waals surface area contributed by atoms with Crippen molar-refractivity contribution in [3.63, 3.8) is 0 Å². The molecule has 0 bridgehead atoms. The van der Waals surface area contributed by atoms with E-state index in [1.807, 2.05) is 59.9 Å². The number of aryl methyl sites for hydroxylation is 1. The molecule has 0 aromatic carbocycles. The van der Waals surface area contributed by atoms with Gasteiger partial charge in [-0.1, -0.05) is 53.2 Å². The van der Waals surface area contributed by atoms with Crippen molar-refractivity contribution >= 4 is 29.2 Å². The summed E-state index contributed by atoms with van der Waals surface area (Å²) < 4.78 is 5.99. The summed E-state index contributed by atoms with van der Waals surface area (Å²) >= 11 is 1.60. The van der Waals surface area contributed by atoms with Crippen LogP contribution in [0, 0.1) is 30.6 Å². The van der Waals surface area contributed by atoms with E-state index in [1.165, 1.54) is 5.57 Å². The number of aliphatic hydroxyl groups is 1. The van der Waals surface area contributed by atoms with E-state index in [-0.39, 0.29) is 42.0 Å². The number of esters is 1. The topological polar surface area (TPSA) is 76.5 Å². The van der Waals surface area contributed by atoms with Gasteiger partial charge in [0.05, 0.1) is 16.8 Å². The molecule has 0 radical (unpaired) electrons. The summed E-state index contributed by atoms with van der Waals surface area (Å²) in [6.45, 7) is 17.9. The highest BCUT2D eigenvalue weighted by molar-refractivity contribution is 7.09. The van der Waals surface area contributed by atoms with Crippen LogP contribution in [0.5, 0.6) is 0 Å². The van der Waals surface area contributed by atoms with Crippen LogP contribution in [0.15, 0.2) is 22.6 Å². The second-order valence-corrected chi connectivity index (χ2v) is 11.4. The van der Waals surface area contributed by atoms with E-state index in [1.54, 1.807) is 11.3 Å². The first-order valence-corrected chi connectivity index (χ1v) is 14.6. The Morgan fingerprint density at radius 3 is 2.33 bits per heavy atom. The van der Waals surface area contributed by atoms with Gasteiger partial charge < -0.3 is 9.84 Å². The Labute approximate surface area is 223 Å². The van der Waals surface area contributed by atoms with Crippen LogP contribution in [0.1, 0.15) is 105 Å². The van der Waals surface area contributed by atoms with Crippen LogP contribution in [0.4, 0.5) is 0 Å². The van der Waals surface area contributed by atoms with Gasteiger partial charge in [0.2, 0.25) is 0 Å². The van der Waals surface area contributed by atoms with Crippen LogP contribution in [-0.2, 0) is 14.3 Å². The van der Waals surface area contributed by atoms with Crippen LogP contribution in [-0.4, -0.2) is 34.1 Å². The lowest BCUT2D eigenvalue weighted by atomic mass is 9.82. The lowest BCUT2D eigenvalue weighted by Gasteiger charge is -2.26. The molecule has 1 aromatic rings. The number of nitrogens with zero attached hydrogens (tertiary/aromatic N) is 1. The van der Waals surface area contributed by atoms with Gasteiger partial charge in [0.15, 0.2) is 0 Å². The zero-order chi connectivity index (χ0) is 27.4. The van der Waals surface area contributed by atoms with Crippen molar-refractivity contribution in [2.45, 2.75) is 113 Å². The molecule has 5 nitrogen and oxygen atoms in total. The molecule has 0 fully saturated rings. The van der Waals surface area contributed by atoms with Crippen molar-refractivity contribution in [2.24, 2.45) is 23.7 Å². The molecule has 6 atom stereocenters. The van der Waals surface area contributed by atoms with Crippen molar-refractivity contribution in [3.8, 4) is 0 Å². The number of ketones is 1. The molecule has 6 heteroatoms. The van der Waals surface area contributed by atoms with Crippen LogP contribution in [0.3, 0.4) is 0 Å². The highest BCUT2D eigenvalue weighted by atomic mass is 32.1. The Bertz CT molecular complexity index is 887. The number of carbonyl (C=O) groups is 2. The number of hydrogen-bond acceptors (Lipinski definition) is 6. The molecule has 1 aromatic heterocycles. The summed E-state index contributed by atoms with van der Waals surface area (Å²) in [7, 11) is 0. The van der Waals surface area contributed by atoms with Crippen molar-refractivity contribution in [2.75, 3.05) is 0 Å². The second-order valence-electron chi connectivity index (χ2n) is 10.3. The van der Waals surface area contributed by atoms with Gasteiger partial charge >= 0.3 is 5.97 Å². The second kappa shape index (κ2) is 16.1. The van der Waals surface area contributed by atoms with Crippen LogP contribution < -0.4 is 0 Å². The van der Waals surface area contributed by atoms with Crippen molar-refractivity contribution in [1.29, 1.82) is 0 Å². The maximum atomic E-state index is 12.8. The Balaban J connectivity index is 0.00000316. The fourth-order valence-corrected chi connectivity index (χ4v) is 5.45. The van der Waals surface area contributed by atoms with Crippen molar-refractivity contribution < 1.29 is 19.4 Å². The largest absolute Gasteiger partial charge is 0.457 e. The van der Waals surface area contributed by atoms with Crippen molar-refractivity contribution in [3.05, 3.63) is 33.3 Å². The molecule has 0 saturated heterocycles. The van der Waals surface area contributed by atoms with Gasteiger partial charge in [-0.25, -0.2) is 4.98 Å². The minimum absolute atomic E-state index is 0.0270. The quantitative estimate of drug-likeness (QED) is 0.322. The molecule has 4 unspecified atom stereocenters. The molecule has 1 aliphatic rings. The zero-order valence-corrected chi connectivity index (χ0v) is 24.8. The number of ether oxygens (including phenoxy) is 1. The van der Waals surface area contributed by atoms with Crippen LogP contribution in [0.2, 0.25) is 0 Å². The molecule has 2 heterocycles. The average molecular weight is 520 g/mol. The minimum Gasteiger partial charge on any atom is -0.457 e. The molecular weight excluding hydrogens is 470 g/mol. The molecule has 0 spiro atoms. The van der Waals surface area contributed by atoms with Gasteiger partial charge in [-0.05, 0) is 70.4 Å². The van der Waals surface area contributed by atoms with E-state index in [2.05, 4.69) is 24.9 Å². The van der Waals surface area contributed by atoms with E-state index in [0.29, 0.717) is 12.8 Å². The number of hydrogen-bond donors (Lipinski definition) is 1. The van der Waals surface area contributed by atoms with Crippen LogP contribution in [0.25, 0.3) is 6.08 Å². The number of carbonyl (C=O) groups excluding carboxylic acids is 2. The van der Waals surface area contributed by atoms with E-state index < -0.39 is 12.0 Å². The molecule has 1 aliphatic heterocycles. The lowest BCUT2D eigenvalue weighted by Crippen LogP contribution is -2.34. The van der Waals surface area contributed by atoms with Crippen molar-refractivity contribution in [1.82, 2.24) is 4.98 Å². The summed E-state index contributed by atoms with van der Waals surface area (Å²) in [5, 5.41) is 13.8. The van der Waals surface area contributed by atoms with E-state index in [4.69, 9.17) is 4.74 Å². The number of allylic oxidation sites excluding steroid dienone is 1. The highest BCUT2D eigenvalue weighted by Gasteiger charge is 2.30. The zero-order valence-electron chi connectivity index (χ0n) is 24.0. The first-order valence-electron chi connectivity index (χ1n) is 13.7. The molecule has 2 rings (SSSR count). The molecule has 0 amide bonds. The van der Waals surface area contributed by atoms with E-state index in [0.717, 1.165) is 35.5 Å². The first-order chi connectivity index (χ1) is 17.0. The third-order valence-corrected chi connectivity index (χ3v) is 7.81. The SMILES string of the molecule is C/C1=C/C(C)C(/C(C)=C/c2csc(C)n2)OC(=O)CCCC(C)C(=O)[C@H](C)C(O)[C@@H](C)CCC1.CC. The summed E-state index contributed by atoms with van der Waals surface area (Å²) in [4.78, 5) is 30.1. The molecule has 0 aliphatic carbocycles. The Morgan fingerprint density at radius 2 is 1.72 bits per heavy atom. The normalized spacial score (nSPS) is 31.4. The predicted octanol–water partition coefficient (Wildman–Crippen LogP) is 7.57. The summed E-state index contributed by atoms with van der Waals surface area (Å²) in [5.41, 5.74) is 3.11. The number of Topliss-reactive ketones (excluding diaryl/α,β-unsaturated/α-hetero) is 1. The van der Waals surface area contributed by atoms with Gasteiger partial charge in [-0.15, -0.1) is 11.3 Å². The van der Waals surface area contributed by atoms with Gasteiger partial charge in [-0.2, -0.15) is 0 Å². The average Bonchev–Trinajstić information content (AvgIpc) is 3.25. The number of thiazole rings is 1. The summed E-state index contributed by atoms with van der Waals surface area (Å²) in [6.07, 6.45) is 7.43. The Kier molecular flexibility index (Phi) is 14.4. The Morgan fingerprint density at radius 1 is 1.08 bits per heavy atom. The third-order valence-electron chi connectivity index (χ3n) is 7.02. The number of aromatic nitrogens is 1. The standard InChI is InChI=1S/C28H43NO4S.C2H6/c1-17-10-8-11-18(2)26(31)22(6)27(32)19(3)12-9-13-25(30)33-28(20(4)14-17)21(5)15-24-16-34-23(7)29-24;1-2/h14-16,18-20,22,26,28,31H,8-13H2,1-7H3;1-2H3/b17-14-,21-15+;/t18-,19?,20?,22+,26?,28?;/m0./s1. The maximum Gasteiger partial charge on any atom is 0.306 e. The molecule has 1 N–H and O–H groups in total. The molecule has 0 saturated carbocycles. The van der Waals surface area contributed by atoms with E-state index >= 15 is 0 Å². The summed E-state index contributed by atoms with van der Waals surface area (Å²) in [5.74, 6) is -0.646. The maximum absolute atomic E-state index is 12.8. The number of aliphatic hydroxyl groups excluding tert-OH is 1. The summed E-state index contributed by atoms with van der Waals surface area (Å²) in [6, 6.07) is 0. The lowest BCUT2D eigenvalue weighted by molar-refractivity contribution is -0.149. The van der Waals surface area contributed by atoms with E-state index in [9.17, 15) is 14.7 Å². The molecular formula is C30H49NO4S. The fourth-order valence-electron chi connectivity index (χ4n) is 4.88. The number of cyclic esters (lactones) is 1. The van der Waals surface area contributed by atoms with Gasteiger partial charge in [0.1, 0.15) is 11.9 Å². The number of rotatable bonds is 2.